The molecule has 1 aliphatic carbocycles. The normalized spacial score (nSPS) is 34.0. The van der Waals surface area contributed by atoms with Gasteiger partial charge in [-0.2, -0.15) is 0 Å². The van der Waals surface area contributed by atoms with Crippen LogP contribution in [0.1, 0.15) is 99.1 Å². The van der Waals surface area contributed by atoms with Crippen molar-refractivity contribution in [3.8, 4) is 39.9 Å². The molecule has 0 bridgehead atoms. The number of carbonyl (C=O) groups is 1. The third-order valence-corrected chi connectivity index (χ3v) is 13.6. The summed E-state index contributed by atoms with van der Waals surface area (Å²) < 4.78 is 58.8. The molecule has 15 atom stereocenters. The van der Waals surface area contributed by atoms with E-state index in [-0.39, 0.29) is 76.2 Å². The highest BCUT2D eigenvalue weighted by molar-refractivity contribution is 6.07. The summed E-state index contributed by atoms with van der Waals surface area (Å²) in [7, 11) is 2.70. The van der Waals surface area contributed by atoms with E-state index in [1.54, 1.807) is 20.8 Å². The van der Waals surface area contributed by atoms with E-state index in [4.69, 9.17) is 47.0 Å². The average molecular weight is 967 g/mol. The summed E-state index contributed by atoms with van der Waals surface area (Å²) in [6, 6.07) is 4.09. The third-order valence-electron chi connectivity index (χ3n) is 13.6. The van der Waals surface area contributed by atoms with Gasteiger partial charge in [-0.1, -0.05) is 19.4 Å². The number of esters is 1. The Kier molecular flexibility index (Phi) is 12.9. The molecule has 1 aromatic heterocycles. The van der Waals surface area contributed by atoms with Crippen LogP contribution in [0.25, 0.3) is 33.1 Å². The molecule has 8 N–H and O–H groups in total. The van der Waals surface area contributed by atoms with Crippen LogP contribution in [0.5, 0.6) is 28.7 Å². The van der Waals surface area contributed by atoms with E-state index in [0.29, 0.717) is 12.0 Å². The summed E-state index contributed by atoms with van der Waals surface area (Å²) >= 11 is 0. The zero-order chi connectivity index (χ0) is 47.9. The standard InChI is InChI=1S/C47H56O20/c1-7-8-20-11-19-12-21-31(39(53)30(19)47(57)63-20)33-34(42(56)37(21)51)45(59-6)46-35(41(33)55)40(54)32-24(65-46)9-10-25(38(32)52)64-27-13-22(48)43(17(3)61-27)66-28-14-23(49)44(18(4)62-28)67-29-15-26(58-5)36(50)16(2)60-29/h9-10,12,16-18,20,22-23,26-29,36-37,42-44,48-53,55-56H,7-8,11,13-15H2,1-6H3/t16-,17-,18-,20?,22-,23-,26-,27+,28+,29+,36-,37?,42?,43-,44-/m1/s1/i1+1,7+1,8+1,9+1,10+1,11+1,12+1,19+1,20+1,21+1,24+1,25+1,30+1,31+1,32+1,33+1,34+1,35+1,37+1,38+1,39+1,40+1,41+1,42+1,45+1,47+1. The quantitative estimate of drug-likeness (QED) is 0.0642. The monoisotopic (exact) mass is 966 g/mol. The number of ether oxygens (including phenoxy) is 9. The number of cyclic esters (lactones) is 1. The van der Waals surface area contributed by atoms with Crippen molar-refractivity contribution in [2.75, 3.05) is 14.2 Å². The Balaban J connectivity index is 0.960. The Morgan fingerprint density at radius 1 is 0.731 bits per heavy atom. The van der Waals surface area contributed by atoms with Gasteiger partial charge in [0.15, 0.2) is 35.4 Å². The highest BCUT2D eigenvalue weighted by atomic mass is 16.8. The van der Waals surface area contributed by atoms with Crippen molar-refractivity contribution >= 4 is 27.9 Å². The minimum atomic E-state index is -1.76. The number of aromatic hydroxyl groups is 3. The van der Waals surface area contributed by atoms with Crippen LogP contribution in [0, 0.1) is 0 Å². The Morgan fingerprint density at radius 2 is 1.37 bits per heavy atom. The van der Waals surface area contributed by atoms with Gasteiger partial charge in [0.2, 0.25) is 11.7 Å². The number of benzene rings is 3. The fraction of sp³-hybridized carbons (Fsp3) is 0.574. The number of phenolic OH excluding ortho intramolecular Hbond substituents is 3. The fourth-order valence-corrected chi connectivity index (χ4v) is 10.3. The minimum absolute atomic E-state index is 0.0116. The second kappa shape index (κ2) is 18.2. The molecule has 364 valence electrons. The summed E-state index contributed by atoms with van der Waals surface area (Å²) in [5.41, 5.74) is -2.11. The van der Waals surface area contributed by atoms with Crippen LogP contribution in [0.3, 0.4) is 0 Å². The molecule has 3 fully saturated rings. The van der Waals surface area contributed by atoms with Crippen molar-refractivity contribution < 1.29 is 92.7 Å². The molecular formula is C47H56O20. The molecule has 20 nitrogen and oxygen atoms in total. The van der Waals surface area contributed by atoms with Crippen LogP contribution >= 0.6 is 0 Å². The van der Waals surface area contributed by atoms with Gasteiger partial charge in [-0.25, -0.2) is 4.79 Å². The van der Waals surface area contributed by atoms with E-state index in [1.807, 2.05) is 6.92 Å². The first-order chi connectivity index (χ1) is 31.9. The molecule has 3 aromatic carbocycles. The van der Waals surface area contributed by atoms with E-state index in [2.05, 4.69) is 0 Å². The summed E-state index contributed by atoms with van der Waals surface area (Å²) in [4.78, 5) is 27.8. The molecular weight excluding hydrogens is 910 g/mol. The Hall–Kier alpha value is -4.84. The first-order valence-corrected chi connectivity index (χ1v) is 22.5. The number of hydrogen-bond acceptors (Lipinski definition) is 20. The van der Waals surface area contributed by atoms with Crippen molar-refractivity contribution in [1.82, 2.24) is 0 Å². The van der Waals surface area contributed by atoms with Gasteiger partial charge in [-0.05, 0) is 50.5 Å². The van der Waals surface area contributed by atoms with Gasteiger partial charge in [-0.3, -0.25) is 4.79 Å². The maximum Gasteiger partial charge on any atom is 0.342 e. The van der Waals surface area contributed by atoms with Crippen molar-refractivity contribution in [3.05, 3.63) is 50.7 Å². The largest absolute Gasteiger partial charge is 0.506 e. The van der Waals surface area contributed by atoms with E-state index in [1.165, 1.54) is 32.4 Å². The summed E-state index contributed by atoms with van der Waals surface area (Å²) in [6.45, 7) is 6.97. The minimum Gasteiger partial charge on any atom is -0.506 e. The molecule has 5 aliphatic rings. The summed E-state index contributed by atoms with van der Waals surface area (Å²) in [6.07, 6.45) is -12.6. The molecule has 5 heterocycles. The van der Waals surface area contributed by atoms with Gasteiger partial charge in [0.1, 0.15) is 70.0 Å². The topological polar surface area (TPSA) is 292 Å². The first kappa shape index (κ1) is 47.2. The smallest absolute Gasteiger partial charge is 0.342 e. The Bertz CT molecular complexity index is 2590. The molecule has 4 aromatic rings. The van der Waals surface area contributed by atoms with Gasteiger partial charge < -0.3 is 87.9 Å². The number of carbonyl (C=O) groups excluding carboxylic acids is 1. The lowest BCUT2D eigenvalue weighted by Crippen LogP contribution is -2.56. The molecule has 0 radical (unpaired) electrons. The summed E-state index contributed by atoms with van der Waals surface area (Å²) in [5, 5.41) is 90.2. The van der Waals surface area contributed by atoms with Crippen molar-refractivity contribution in [2.24, 2.45) is 0 Å². The Morgan fingerprint density at radius 3 is 2.01 bits per heavy atom. The van der Waals surface area contributed by atoms with Gasteiger partial charge in [0.25, 0.3) is 0 Å². The number of hydrogen-bond donors (Lipinski definition) is 8. The number of phenols is 3. The first-order valence-electron chi connectivity index (χ1n) is 22.5. The predicted octanol–water partition coefficient (Wildman–Crippen LogP) is 3.35. The number of rotatable bonds is 10. The second-order valence-electron chi connectivity index (χ2n) is 18.0. The maximum atomic E-state index is 14.5. The van der Waals surface area contributed by atoms with Gasteiger partial charge >= 0.3 is 5.97 Å². The lowest BCUT2D eigenvalue weighted by atomic mass is 9.99. The number of fused-ring (bicyclic) bond motifs is 6. The zero-order valence-corrected chi connectivity index (χ0v) is 37.6. The van der Waals surface area contributed by atoms with Crippen molar-refractivity contribution in [3.63, 3.8) is 0 Å². The van der Waals surface area contributed by atoms with Crippen LogP contribution in [0.2, 0.25) is 0 Å². The lowest BCUT2D eigenvalue weighted by molar-refractivity contribution is -0.331. The van der Waals surface area contributed by atoms with Crippen molar-refractivity contribution in [1.29, 1.82) is 0 Å². The van der Waals surface area contributed by atoms with Crippen LogP contribution in [-0.4, -0.2) is 141 Å². The maximum absolute atomic E-state index is 14.5. The molecule has 0 spiro atoms. The number of aliphatic hydroxyl groups excluding tert-OH is 5. The predicted molar refractivity (Wildman–Crippen MR) is 231 cm³/mol. The third kappa shape index (κ3) is 8.04. The van der Waals surface area contributed by atoms with Crippen LogP contribution < -0.4 is 14.9 Å². The van der Waals surface area contributed by atoms with Crippen molar-refractivity contribution in [2.45, 2.75) is 158 Å². The highest BCUT2D eigenvalue weighted by Gasteiger charge is 2.47. The molecule has 9 rings (SSSR count). The molecule has 0 saturated carbocycles. The molecule has 4 aliphatic heterocycles. The molecule has 20 heteroatoms. The van der Waals surface area contributed by atoms with Crippen LogP contribution in [0.4, 0.5) is 0 Å². The van der Waals surface area contributed by atoms with Gasteiger partial charge in [0, 0.05) is 49.5 Å². The lowest BCUT2D eigenvalue weighted by Gasteiger charge is -2.44. The van der Waals surface area contributed by atoms with Gasteiger partial charge in [0.05, 0.1) is 43.7 Å². The highest BCUT2D eigenvalue weighted by Crippen LogP contribution is 2.58. The Labute approximate surface area is 383 Å². The number of methoxy groups -OCH3 is 2. The van der Waals surface area contributed by atoms with Crippen LogP contribution in [0.15, 0.2) is 27.4 Å². The van der Waals surface area contributed by atoms with E-state index in [0.717, 1.165) is 6.42 Å². The number of aliphatic hydroxyl groups is 5. The average Bonchev–Trinajstić information content (AvgIpc) is 3.27. The fourth-order valence-electron chi connectivity index (χ4n) is 10.3. The molecule has 0 amide bonds. The van der Waals surface area contributed by atoms with E-state index >= 15 is 0 Å². The zero-order valence-electron chi connectivity index (χ0n) is 37.6. The molecule has 3 unspecified atom stereocenters. The van der Waals surface area contributed by atoms with Gasteiger partial charge in [-0.15, -0.1) is 0 Å². The molecule has 67 heavy (non-hydrogen) atoms. The van der Waals surface area contributed by atoms with Crippen LogP contribution in [-0.2, 0) is 39.6 Å². The second-order valence-corrected chi connectivity index (χ2v) is 18.0. The summed E-state index contributed by atoms with van der Waals surface area (Å²) in [5.74, 6) is -3.48. The van der Waals surface area contributed by atoms with E-state index < -0.39 is 132 Å². The molecule has 3 saturated heterocycles. The van der Waals surface area contributed by atoms with E-state index in [9.17, 15) is 50.4 Å². The SMILES string of the molecule is CO[C@@H]1C[C@H](O[C@H]2[C@H](O)C[C@H](O[C@H]3[C@H](O)C[C@H](O[13c]4[13cH][13cH][13c]5oc6[13c](OC)[13c]7[13c]([13c](O)[13c]6[13c](=O)[13c]5[13c]4O)-[13c]4[13c]([13cH][13c]5[13c]([13c]4O)[13C](=O)O[13CH]([13CH2][13CH2][13CH3])[13CH2]5)[13CH](O)[13CH]7O)O[C@@H]3C)O[C@@H]2C)O[C@H](C)[C@H]1O.